The minimum atomic E-state index is -2.12. The minimum absolute atomic E-state index is 1.07. The van der Waals surface area contributed by atoms with Gasteiger partial charge in [0.15, 0.2) is 0 Å². The monoisotopic (exact) mass is 312 g/mol. The van der Waals surface area contributed by atoms with Gasteiger partial charge in [-0.1, -0.05) is 0 Å². The lowest BCUT2D eigenvalue weighted by molar-refractivity contribution is 0.275. The van der Waals surface area contributed by atoms with E-state index in [9.17, 15) is 17.3 Å². The van der Waals surface area contributed by atoms with Crippen LogP contribution < -0.4 is 0 Å². The van der Waals surface area contributed by atoms with Gasteiger partial charge in [-0.15, -0.1) is 0 Å². The predicted octanol–water partition coefficient (Wildman–Crippen LogP) is -1.68. The van der Waals surface area contributed by atoms with E-state index in [-0.39, 0.29) is 0 Å². The van der Waals surface area contributed by atoms with Gasteiger partial charge >= 0.3 is 29.6 Å². The Kier molecular flexibility index (Phi) is 33.1. The summed E-state index contributed by atoms with van der Waals surface area (Å²) < 4.78 is 57.6. The fraction of sp³-hybridized carbons (Fsp3) is 1.00. The van der Waals surface area contributed by atoms with Crippen molar-refractivity contribution in [1.82, 2.24) is 0 Å². The number of rotatable bonds is 4. The second-order valence-corrected chi connectivity index (χ2v) is 2.11. The van der Waals surface area contributed by atoms with Gasteiger partial charge in [-0.25, -0.2) is 0 Å². The molecule has 8 nitrogen and oxygen atoms in total. The zero-order valence-corrected chi connectivity index (χ0v) is 11.2. The summed E-state index contributed by atoms with van der Waals surface area (Å²) in [5.74, 6) is 0. The first kappa shape index (κ1) is 27.9. The number of halogens is 4. The van der Waals surface area contributed by atoms with Crippen LogP contribution in [0.1, 0.15) is 0 Å². The van der Waals surface area contributed by atoms with Crippen LogP contribution in [0.3, 0.4) is 0 Å². The summed E-state index contributed by atoms with van der Waals surface area (Å²) in [6, 6.07) is 0. The van der Waals surface area contributed by atoms with Gasteiger partial charge in [-0.3, -0.25) is 17.3 Å². The standard InChI is InChI=1S/4CH4BFO2/c4*1-5-2(3)4/h4*4H,1H3. The van der Waals surface area contributed by atoms with Crippen molar-refractivity contribution in [2.24, 2.45) is 0 Å². The van der Waals surface area contributed by atoms with E-state index in [1.54, 1.807) is 0 Å². The van der Waals surface area contributed by atoms with Crippen molar-refractivity contribution in [3.63, 3.8) is 0 Å². The van der Waals surface area contributed by atoms with Crippen LogP contribution in [0, 0.1) is 0 Å². The Labute approximate surface area is 115 Å². The van der Waals surface area contributed by atoms with Gasteiger partial charge in [0.05, 0.1) is 0 Å². The van der Waals surface area contributed by atoms with Crippen molar-refractivity contribution in [3.8, 4) is 0 Å². The third kappa shape index (κ3) is 83.5. The summed E-state index contributed by atoms with van der Waals surface area (Å²) in [6.07, 6.45) is 0. The second kappa shape index (κ2) is 23.7. The summed E-state index contributed by atoms with van der Waals surface area (Å²) >= 11 is 0. The molecule has 120 valence electrons. The molecule has 4 N–H and O–H groups in total. The maximum Gasteiger partial charge on any atom is 0.677 e. The Hall–Kier alpha value is -0.340. The molecule has 0 aromatic heterocycles. The van der Waals surface area contributed by atoms with Crippen molar-refractivity contribution in [2.45, 2.75) is 0 Å². The molecular formula is C4H16B4F4O8. The first-order valence-electron chi connectivity index (χ1n) is 4.48. The van der Waals surface area contributed by atoms with Crippen LogP contribution in [-0.4, -0.2) is 78.1 Å². The zero-order chi connectivity index (χ0) is 17.1. The molecular weight excluding hydrogens is 295 g/mol. The first-order valence-corrected chi connectivity index (χ1v) is 4.48. The Morgan fingerprint density at radius 1 is 0.500 bits per heavy atom. The topological polar surface area (TPSA) is 118 Å². The SMILES string of the molecule is COB(O)F.COB(O)F.COB(O)F.COB(O)F. The number of hydrogen-bond donors (Lipinski definition) is 4. The molecule has 0 saturated heterocycles. The fourth-order valence-corrected chi connectivity index (χ4v) is 0. The Bertz CT molecular complexity index is 126. The van der Waals surface area contributed by atoms with Gasteiger partial charge in [0, 0.05) is 28.4 Å². The molecule has 0 heterocycles. The van der Waals surface area contributed by atoms with Crippen molar-refractivity contribution in [1.29, 1.82) is 0 Å². The predicted molar refractivity (Wildman–Crippen MR) is 64.4 cm³/mol. The molecule has 16 heteroatoms. The third-order valence-electron chi connectivity index (χ3n) is 0.778. The highest BCUT2D eigenvalue weighted by Crippen LogP contribution is 1.72. The smallest absolute Gasteiger partial charge is 0.398 e. The van der Waals surface area contributed by atoms with Crippen LogP contribution >= 0.6 is 0 Å². The highest BCUT2D eigenvalue weighted by molar-refractivity contribution is 6.34. The molecule has 0 aromatic carbocycles. The lowest BCUT2D eigenvalue weighted by Crippen LogP contribution is -2.05. The maximum absolute atomic E-state index is 10.8. The molecule has 0 unspecified atom stereocenters. The van der Waals surface area contributed by atoms with E-state index >= 15 is 0 Å². The van der Waals surface area contributed by atoms with Gasteiger partial charge in [0.25, 0.3) is 0 Å². The molecule has 0 amide bonds. The summed E-state index contributed by atoms with van der Waals surface area (Å²) in [5, 5.41) is 29.9. The fourth-order valence-electron chi connectivity index (χ4n) is 0. The summed E-state index contributed by atoms with van der Waals surface area (Å²) in [4.78, 5) is 0. The van der Waals surface area contributed by atoms with E-state index in [2.05, 4.69) is 18.6 Å². The van der Waals surface area contributed by atoms with Crippen LogP contribution in [0.15, 0.2) is 0 Å². The van der Waals surface area contributed by atoms with Gasteiger partial charge in [-0.2, -0.15) is 0 Å². The zero-order valence-electron chi connectivity index (χ0n) is 11.2. The van der Waals surface area contributed by atoms with E-state index in [0.717, 1.165) is 28.4 Å². The Morgan fingerprint density at radius 2 is 0.550 bits per heavy atom. The van der Waals surface area contributed by atoms with E-state index in [1.807, 2.05) is 0 Å². The molecule has 0 aliphatic rings. The molecule has 0 spiro atoms. The lowest BCUT2D eigenvalue weighted by atomic mass is 10.3. The first-order chi connectivity index (χ1) is 9.08. The van der Waals surface area contributed by atoms with Crippen molar-refractivity contribution >= 4 is 29.6 Å². The molecule has 0 aromatic rings. The number of hydrogen-bond acceptors (Lipinski definition) is 8. The van der Waals surface area contributed by atoms with Gasteiger partial charge in [0.1, 0.15) is 0 Å². The van der Waals surface area contributed by atoms with Crippen LogP contribution in [0.5, 0.6) is 0 Å². The summed E-state index contributed by atoms with van der Waals surface area (Å²) in [6.45, 7) is 0. The van der Waals surface area contributed by atoms with Gasteiger partial charge < -0.3 is 38.7 Å². The second-order valence-electron chi connectivity index (χ2n) is 2.11. The highest BCUT2D eigenvalue weighted by atomic mass is 19.1. The van der Waals surface area contributed by atoms with E-state index in [4.69, 9.17) is 20.1 Å². The van der Waals surface area contributed by atoms with E-state index in [1.165, 1.54) is 0 Å². The molecule has 20 heavy (non-hydrogen) atoms. The van der Waals surface area contributed by atoms with Gasteiger partial charge in [-0.05, 0) is 0 Å². The lowest BCUT2D eigenvalue weighted by Gasteiger charge is -1.81. The highest BCUT2D eigenvalue weighted by Gasteiger charge is 2.05. The molecule has 0 aliphatic heterocycles. The van der Waals surface area contributed by atoms with Crippen molar-refractivity contribution in [3.05, 3.63) is 0 Å². The Morgan fingerprint density at radius 3 is 0.550 bits per heavy atom. The van der Waals surface area contributed by atoms with Crippen LogP contribution in [0.25, 0.3) is 0 Å². The molecule has 0 saturated carbocycles. The normalized spacial score (nSPS) is 7.80. The molecule has 0 bridgehead atoms. The third-order valence-corrected chi connectivity index (χ3v) is 0.778. The van der Waals surface area contributed by atoms with E-state index < -0.39 is 29.6 Å². The van der Waals surface area contributed by atoms with Crippen molar-refractivity contribution < 1.29 is 56.0 Å². The average Bonchev–Trinajstić information content (AvgIpc) is 2.40. The maximum atomic E-state index is 10.8. The largest absolute Gasteiger partial charge is 0.677 e. The summed E-state index contributed by atoms with van der Waals surface area (Å²) in [7, 11) is -4.17. The molecule has 0 aliphatic carbocycles. The molecule has 0 radical (unpaired) electrons. The molecule has 0 rings (SSSR count). The van der Waals surface area contributed by atoms with Crippen LogP contribution in [0.2, 0.25) is 0 Å². The quantitative estimate of drug-likeness (QED) is 0.359. The van der Waals surface area contributed by atoms with Crippen LogP contribution in [-0.2, 0) is 18.6 Å². The van der Waals surface area contributed by atoms with Crippen LogP contribution in [0.4, 0.5) is 17.3 Å². The van der Waals surface area contributed by atoms with E-state index in [0.29, 0.717) is 0 Å². The average molecular weight is 311 g/mol. The molecule has 0 fully saturated rings. The Balaban J connectivity index is -0.0000000853. The van der Waals surface area contributed by atoms with Gasteiger partial charge in [0.2, 0.25) is 0 Å². The minimum Gasteiger partial charge on any atom is -0.398 e. The molecule has 0 atom stereocenters. The van der Waals surface area contributed by atoms with Crippen molar-refractivity contribution in [2.75, 3.05) is 28.4 Å². The summed E-state index contributed by atoms with van der Waals surface area (Å²) in [5.41, 5.74) is 0.